The second kappa shape index (κ2) is 6.33. The van der Waals surface area contributed by atoms with Gasteiger partial charge in [-0.15, -0.1) is 0 Å². The standard InChI is InChI=1S/C12H22N4/c1-4-16(10-6-9-15(2)3)11-7-5-8-14-12(11)13/h5,7-8H,4,6,9-10H2,1-3H3,(H2,13,14). The van der Waals surface area contributed by atoms with E-state index in [-0.39, 0.29) is 0 Å². The third-order valence-corrected chi connectivity index (χ3v) is 2.57. The van der Waals surface area contributed by atoms with Gasteiger partial charge in [-0.25, -0.2) is 4.98 Å². The summed E-state index contributed by atoms with van der Waals surface area (Å²) in [6, 6.07) is 3.96. The number of aromatic nitrogens is 1. The second-order valence-corrected chi connectivity index (χ2v) is 4.14. The average molecular weight is 222 g/mol. The molecule has 0 fully saturated rings. The van der Waals surface area contributed by atoms with Gasteiger partial charge in [0.1, 0.15) is 5.82 Å². The van der Waals surface area contributed by atoms with Gasteiger partial charge in [0.2, 0.25) is 0 Å². The Morgan fingerprint density at radius 3 is 2.62 bits per heavy atom. The first-order chi connectivity index (χ1) is 7.65. The van der Waals surface area contributed by atoms with E-state index in [0.717, 1.165) is 31.7 Å². The Kier molecular flexibility index (Phi) is 5.05. The maximum Gasteiger partial charge on any atom is 0.146 e. The van der Waals surface area contributed by atoms with Crippen molar-refractivity contribution in [3.05, 3.63) is 18.3 Å². The van der Waals surface area contributed by atoms with Gasteiger partial charge in [0.15, 0.2) is 0 Å². The van der Waals surface area contributed by atoms with Gasteiger partial charge in [0.25, 0.3) is 0 Å². The molecule has 0 radical (unpaired) electrons. The molecule has 1 heterocycles. The van der Waals surface area contributed by atoms with Crippen LogP contribution in [-0.4, -0.2) is 43.6 Å². The maximum atomic E-state index is 5.87. The first kappa shape index (κ1) is 12.8. The zero-order valence-electron chi connectivity index (χ0n) is 10.5. The molecule has 4 heteroatoms. The summed E-state index contributed by atoms with van der Waals surface area (Å²) in [6.07, 6.45) is 2.86. The van der Waals surface area contributed by atoms with E-state index in [4.69, 9.17) is 5.73 Å². The summed E-state index contributed by atoms with van der Waals surface area (Å²) in [4.78, 5) is 8.58. The molecule has 1 rings (SSSR count). The van der Waals surface area contributed by atoms with E-state index in [1.54, 1.807) is 6.20 Å². The molecule has 0 bridgehead atoms. The van der Waals surface area contributed by atoms with E-state index in [2.05, 4.69) is 35.8 Å². The Morgan fingerprint density at radius 1 is 1.31 bits per heavy atom. The fourth-order valence-corrected chi connectivity index (χ4v) is 1.70. The van der Waals surface area contributed by atoms with E-state index in [9.17, 15) is 0 Å². The molecule has 0 unspecified atom stereocenters. The van der Waals surface area contributed by atoms with Gasteiger partial charge in [0, 0.05) is 19.3 Å². The Bertz CT molecular complexity index is 312. The molecular weight excluding hydrogens is 200 g/mol. The van der Waals surface area contributed by atoms with Crippen LogP contribution in [-0.2, 0) is 0 Å². The van der Waals surface area contributed by atoms with Crippen LogP contribution in [0.4, 0.5) is 11.5 Å². The van der Waals surface area contributed by atoms with Crippen LogP contribution >= 0.6 is 0 Å². The highest BCUT2D eigenvalue weighted by Gasteiger charge is 2.07. The largest absolute Gasteiger partial charge is 0.382 e. The molecule has 0 aliphatic heterocycles. The molecule has 0 atom stereocenters. The van der Waals surface area contributed by atoms with Crippen LogP contribution in [0.25, 0.3) is 0 Å². The predicted octanol–water partition coefficient (Wildman–Crippen LogP) is 1.44. The Hall–Kier alpha value is -1.29. The lowest BCUT2D eigenvalue weighted by molar-refractivity contribution is 0.400. The van der Waals surface area contributed by atoms with Crippen molar-refractivity contribution in [3.8, 4) is 0 Å². The maximum absolute atomic E-state index is 5.87. The molecule has 0 aliphatic rings. The number of anilines is 2. The van der Waals surface area contributed by atoms with Crippen molar-refractivity contribution >= 4 is 11.5 Å². The Balaban J connectivity index is 2.57. The van der Waals surface area contributed by atoms with Crippen molar-refractivity contribution in [3.63, 3.8) is 0 Å². The average Bonchev–Trinajstić information content (AvgIpc) is 2.25. The molecule has 0 amide bonds. The molecule has 0 saturated heterocycles. The van der Waals surface area contributed by atoms with Gasteiger partial charge in [-0.2, -0.15) is 0 Å². The normalized spacial score (nSPS) is 10.8. The van der Waals surface area contributed by atoms with Gasteiger partial charge < -0.3 is 15.5 Å². The fourth-order valence-electron chi connectivity index (χ4n) is 1.70. The van der Waals surface area contributed by atoms with Gasteiger partial charge in [-0.05, 0) is 46.1 Å². The van der Waals surface area contributed by atoms with Crippen LogP contribution in [0, 0.1) is 0 Å². The van der Waals surface area contributed by atoms with Crippen LogP contribution in [0.1, 0.15) is 13.3 Å². The smallest absolute Gasteiger partial charge is 0.146 e. The zero-order chi connectivity index (χ0) is 12.0. The van der Waals surface area contributed by atoms with Crippen LogP contribution in [0.15, 0.2) is 18.3 Å². The number of nitrogens with two attached hydrogens (primary N) is 1. The van der Waals surface area contributed by atoms with Crippen LogP contribution in [0.3, 0.4) is 0 Å². The molecule has 0 aliphatic carbocycles. The van der Waals surface area contributed by atoms with Crippen LogP contribution < -0.4 is 10.6 Å². The third kappa shape index (κ3) is 3.70. The highest BCUT2D eigenvalue weighted by Crippen LogP contribution is 2.19. The molecule has 0 spiro atoms. The zero-order valence-corrected chi connectivity index (χ0v) is 10.5. The van der Waals surface area contributed by atoms with Crippen LogP contribution in [0.5, 0.6) is 0 Å². The molecule has 90 valence electrons. The minimum Gasteiger partial charge on any atom is -0.382 e. The van der Waals surface area contributed by atoms with Crippen molar-refractivity contribution in [1.29, 1.82) is 0 Å². The molecule has 0 saturated carbocycles. The predicted molar refractivity (Wildman–Crippen MR) is 69.7 cm³/mol. The first-order valence-electron chi connectivity index (χ1n) is 5.75. The number of nitrogen functional groups attached to an aromatic ring is 1. The highest BCUT2D eigenvalue weighted by atomic mass is 15.1. The van der Waals surface area contributed by atoms with Gasteiger partial charge in [0.05, 0.1) is 5.69 Å². The topological polar surface area (TPSA) is 45.4 Å². The lowest BCUT2D eigenvalue weighted by Gasteiger charge is -2.24. The summed E-state index contributed by atoms with van der Waals surface area (Å²) in [5.74, 6) is 0.620. The van der Waals surface area contributed by atoms with E-state index in [1.165, 1.54) is 0 Å². The molecule has 1 aromatic heterocycles. The lowest BCUT2D eigenvalue weighted by Crippen LogP contribution is -2.27. The van der Waals surface area contributed by atoms with Crippen molar-refractivity contribution in [2.75, 3.05) is 44.4 Å². The summed E-state index contributed by atoms with van der Waals surface area (Å²) in [6.45, 7) is 5.21. The second-order valence-electron chi connectivity index (χ2n) is 4.14. The van der Waals surface area contributed by atoms with Gasteiger partial charge >= 0.3 is 0 Å². The summed E-state index contributed by atoms with van der Waals surface area (Å²) >= 11 is 0. The molecule has 16 heavy (non-hydrogen) atoms. The van der Waals surface area contributed by atoms with Crippen molar-refractivity contribution in [2.24, 2.45) is 0 Å². The minimum atomic E-state index is 0.620. The number of hydrogen-bond acceptors (Lipinski definition) is 4. The van der Waals surface area contributed by atoms with E-state index >= 15 is 0 Å². The summed E-state index contributed by atoms with van der Waals surface area (Å²) in [7, 11) is 4.18. The fraction of sp³-hybridized carbons (Fsp3) is 0.583. The number of hydrogen-bond donors (Lipinski definition) is 1. The van der Waals surface area contributed by atoms with E-state index in [0.29, 0.717) is 5.82 Å². The first-order valence-corrected chi connectivity index (χ1v) is 5.75. The highest BCUT2D eigenvalue weighted by molar-refractivity contribution is 5.62. The van der Waals surface area contributed by atoms with Gasteiger partial charge in [-0.1, -0.05) is 0 Å². The molecule has 1 aromatic rings. The van der Waals surface area contributed by atoms with E-state index < -0.39 is 0 Å². The summed E-state index contributed by atoms with van der Waals surface area (Å²) in [5.41, 5.74) is 6.91. The van der Waals surface area contributed by atoms with Crippen LogP contribution in [0.2, 0.25) is 0 Å². The number of rotatable bonds is 6. The number of pyridine rings is 1. The SMILES string of the molecule is CCN(CCCN(C)C)c1cccnc1N. The lowest BCUT2D eigenvalue weighted by atomic mass is 10.3. The molecular formula is C12H22N4. The minimum absolute atomic E-state index is 0.620. The number of nitrogens with zero attached hydrogens (tertiary/aromatic N) is 3. The quantitative estimate of drug-likeness (QED) is 0.791. The van der Waals surface area contributed by atoms with Crippen molar-refractivity contribution in [1.82, 2.24) is 9.88 Å². The molecule has 0 aromatic carbocycles. The molecule has 4 nitrogen and oxygen atoms in total. The van der Waals surface area contributed by atoms with Gasteiger partial charge in [-0.3, -0.25) is 0 Å². The molecule has 2 N–H and O–H groups in total. The Labute approximate surface area is 98.1 Å². The Morgan fingerprint density at radius 2 is 2.06 bits per heavy atom. The summed E-state index contributed by atoms with van der Waals surface area (Å²) < 4.78 is 0. The van der Waals surface area contributed by atoms with Crippen molar-refractivity contribution in [2.45, 2.75) is 13.3 Å². The van der Waals surface area contributed by atoms with E-state index in [1.807, 2.05) is 12.1 Å². The van der Waals surface area contributed by atoms with Crippen molar-refractivity contribution < 1.29 is 0 Å². The monoisotopic (exact) mass is 222 g/mol. The summed E-state index contributed by atoms with van der Waals surface area (Å²) in [5, 5.41) is 0. The third-order valence-electron chi connectivity index (χ3n) is 2.57.